The van der Waals surface area contributed by atoms with Gasteiger partial charge < -0.3 is 14.6 Å². The summed E-state index contributed by atoms with van der Waals surface area (Å²) in [5, 5.41) is 12.5. The summed E-state index contributed by atoms with van der Waals surface area (Å²) in [6.07, 6.45) is 7.80. The standard InChI is InChI=1S/C32H28ClN5O3/c1-21-8-12-28-26(16-21)24(11-13-30(39)41-2)29-14-15-32(18-38(28)29,22-6-4-3-5-7-22)36-31(40)25-10-9-23(17-27(25)33)37-19-34-35-20-37/h3-13,16-17,19-20H,14-15,18H2,1-2H3,(H,36,40). The molecule has 0 radical (unpaired) electrons. The first-order valence-electron chi connectivity index (χ1n) is 13.3. The van der Waals surface area contributed by atoms with E-state index in [-0.39, 0.29) is 5.91 Å². The minimum Gasteiger partial charge on any atom is -0.466 e. The number of halogens is 1. The first-order chi connectivity index (χ1) is 19.9. The van der Waals surface area contributed by atoms with Crippen LogP contribution in [0.4, 0.5) is 0 Å². The molecule has 0 saturated carbocycles. The second-order valence-electron chi connectivity index (χ2n) is 10.3. The average molecular weight is 566 g/mol. The molecule has 5 aromatic rings. The van der Waals surface area contributed by atoms with Crippen molar-refractivity contribution in [1.82, 2.24) is 24.6 Å². The lowest BCUT2D eigenvalue weighted by molar-refractivity contribution is -0.134. The number of ether oxygens (including phenoxy) is 1. The smallest absolute Gasteiger partial charge is 0.330 e. The third-order valence-electron chi connectivity index (χ3n) is 7.77. The fraction of sp³-hybridized carbons (Fsp3) is 0.188. The van der Waals surface area contributed by atoms with Crippen molar-refractivity contribution < 1.29 is 14.3 Å². The Kier molecular flexibility index (Phi) is 6.93. The molecule has 1 aliphatic rings. The van der Waals surface area contributed by atoms with Gasteiger partial charge in [-0.2, -0.15) is 0 Å². The highest BCUT2D eigenvalue weighted by molar-refractivity contribution is 6.34. The van der Waals surface area contributed by atoms with Gasteiger partial charge in [0.2, 0.25) is 0 Å². The van der Waals surface area contributed by atoms with E-state index in [9.17, 15) is 9.59 Å². The van der Waals surface area contributed by atoms with E-state index in [4.69, 9.17) is 16.3 Å². The molecule has 3 heterocycles. The molecule has 0 saturated heterocycles. The summed E-state index contributed by atoms with van der Waals surface area (Å²) in [5.41, 5.74) is 5.75. The van der Waals surface area contributed by atoms with Gasteiger partial charge in [0.25, 0.3) is 5.91 Å². The van der Waals surface area contributed by atoms with Crippen LogP contribution in [0.2, 0.25) is 5.02 Å². The summed E-state index contributed by atoms with van der Waals surface area (Å²) in [6.45, 7) is 2.57. The number of rotatable bonds is 6. The topological polar surface area (TPSA) is 91.0 Å². The highest BCUT2D eigenvalue weighted by atomic mass is 35.5. The number of carbonyl (C=O) groups excluding carboxylic acids is 2. The van der Waals surface area contributed by atoms with Crippen molar-refractivity contribution in [2.24, 2.45) is 0 Å². The van der Waals surface area contributed by atoms with Gasteiger partial charge in [-0.05, 0) is 61.7 Å². The molecule has 41 heavy (non-hydrogen) atoms. The maximum atomic E-state index is 13.8. The van der Waals surface area contributed by atoms with Gasteiger partial charge in [-0.1, -0.05) is 53.6 Å². The van der Waals surface area contributed by atoms with E-state index >= 15 is 0 Å². The minimum absolute atomic E-state index is 0.254. The number of amides is 1. The molecule has 2 aromatic heterocycles. The summed E-state index contributed by atoms with van der Waals surface area (Å²) in [7, 11) is 1.37. The van der Waals surface area contributed by atoms with Crippen LogP contribution in [0.15, 0.2) is 85.5 Å². The fourth-order valence-corrected chi connectivity index (χ4v) is 5.98. The van der Waals surface area contributed by atoms with Crippen LogP contribution in [0.1, 0.15) is 39.2 Å². The fourth-order valence-electron chi connectivity index (χ4n) is 5.72. The quantitative estimate of drug-likeness (QED) is 0.212. The average Bonchev–Trinajstić information content (AvgIpc) is 3.62. The van der Waals surface area contributed by atoms with E-state index < -0.39 is 11.5 Å². The number of nitrogens with zero attached hydrogens (tertiary/aromatic N) is 4. The van der Waals surface area contributed by atoms with Crippen LogP contribution < -0.4 is 5.32 Å². The lowest BCUT2D eigenvalue weighted by atomic mass is 9.81. The van der Waals surface area contributed by atoms with Crippen LogP contribution in [0.5, 0.6) is 0 Å². The summed E-state index contributed by atoms with van der Waals surface area (Å²) in [6, 6.07) is 21.6. The van der Waals surface area contributed by atoms with E-state index in [0.29, 0.717) is 30.0 Å². The molecule has 1 N–H and O–H groups in total. The molecule has 9 heteroatoms. The van der Waals surface area contributed by atoms with Crippen LogP contribution in [-0.2, 0) is 28.0 Å². The largest absolute Gasteiger partial charge is 0.466 e. The summed E-state index contributed by atoms with van der Waals surface area (Å²) in [4.78, 5) is 25.8. The molecule has 0 aliphatic carbocycles. The van der Waals surface area contributed by atoms with E-state index in [0.717, 1.165) is 39.0 Å². The zero-order chi connectivity index (χ0) is 28.6. The Morgan fingerprint density at radius 1 is 1.05 bits per heavy atom. The van der Waals surface area contributed by atoms with Crippen molar-refractivity contribution in [3.05, 3.63) is 118 Å². The zero-order valence-corrected chi connectivity index (χ0v) is 23.4. The molecule has 1 amide bonds. The molecule has 0 spiro atoms. The molecule has 0 fully saturated rings. The molecule has 1 aliphatic heterocycles. The zero-order valence-electron chi connectivity index (χ0n) is 22.7. The second-order valence-corrected chi connectivity index (χ2v) is 10.7. The number of esters is 1. The molecule has 1 atom stereocenters. The number of carbonyl (C=O) groups is 2. The Morgan fingerprint density at radius 3 is 2.56 bits per heavy atom. The van der Waals surface area contributed by atoms with Crippen LogP contribution >= 0.6 is 11.6 Å². The molecule has 3 aromatic carbocycles. The van der Waals surface area contributed by atoms with Crippen molar-refractivity contribution in [1.29, 1.82) is 0 Å². The van der Waals surface area contributed by atoms with Gasteiger partial charge in [-0.25, -0.2) is 4.79 Å². The van der Waals surface area contributed by atoms with Crippen LogP contribution in [-0.4, -0.2) is 38.3 Å². The van der Waals surface area contributed by atoms with E-state index in [1.54, 1.807) is 29.4 Å². The van der Waals surface area contributed by atoms with E-state index in [1.807, 2.05) is 30.3 Å². The number of hydrogen-bond acceptors (Lipinski definition) is 5. The first-order valence-corrected chi connectivity index (χ1v) is 13.7. The normalized spacial score (nSPS) is 16.6. The van der Waals surface area contributed by atoms with Crippen molar-refractivity contribution in [2.75, 3.05) is 7.11 Å². The number of methoxy groups -OCH3 is 1. The Bertz CT molecular complexity index is 1790. The Labute approximate surface area is 242 Å². The number of fused-ring (bicyclic) bond motifs is 3. The van der Waals surface area contributed by atoms with E-state index in [2.05, 4.69) is 57.3 Å². The summed E-state index contributed by atoms with van der Waals surface area (Å²) >= 11 is 6.63. The molecular weight excluding hydrogens is 538 g/mol. The van der Waals surface area contributed by atoms with E-state index in [1.165, 1.54) is 13.2 Å². The second kappa shape index (κ2) is 10.7. The van der Waals surface area contributed by atoms with Gasteiger partial charge in [0.15, 0.2) is 0 Å². The van der Waals surface area contributed by atoms with Crippen LogP contribution in [0.25, 0.3) is 22.7 Å². The van der Waals surface area contributed by atoms with Crippen molar-refractivity contribution in [3.8, 4) is 5.69 Å². The molecule has 0 bridgehead atoms. The van der Waals surface area contributed by atoms with Gasteiger partial charge in [-0.15, -0.1) is 10.2 Å². The monoisotopic (exact) mass is 565 g/mol. The maximum Gasteiger partial charge on any atom is 0.330 e. The van der Waals surface area contributed by atoms with Crippen molar-refractivity contribution in [3.63, 3.8) is 0 Å². The van der Waals surface area contributed by atoms with Crippen molar-refractivity contribution in [2.45, 2.75) is 31.8 Å². The van der Waals surface area contributed by atoms with Crippen molar-refractivity contribution >= 4 is 40.5 Å². The Morgan fingerprint density at radius 2 is 1.83 bits per heavy atom. The Balaban J connectivity index is 1.42. The molecule has 1 unspecified atom stereocenters. The number of hydrogen-bond donors (Lipinski definition) is 1. The highest BCUT2D eigenvalue weighted by Crippen LogP contribution is 2.40. The Hall–Kier alpha value is -4.69. The van der Waals surface area contributed by atoms with Gasteiger partial charge in [0.1, 0.15) is 12.7 Å². The molecule has 8 nitrogen and oxygen atoms in total. The number of aromatic nitrogens is 4. The van der Waals surface area contributed by atoms with Gasteiger partial charge >= 0.3 is 5.97 Å². The lowest BCUT2D eigenvalue weighted by Gasteiger charge is -2.40. The van der Waals surface area contributed by atoms with Gasteiger partial charge in [0, 0.05) is 33.9 Å². The third-order valence-corrected chi connectivity index (χ3v) is 8.08. The first kappa shape index (κ1) is 26.5. The molecule has 6 rings (SSSR count). The molecular formula is C32H28ClN5O3. The van der Waals surface area contributed by atoms with Crippen LogP contribution in [0.3, 0.4) is 0 Å². The minimum atomic E-state index is -0.693. The molecule has 206 valence electrons. The third kappa shape index (κ3) is 4.91. The predicted octanol–water partition coefficient (Wildman–Crippen LogP) is 5.64. The predicted molar refractivity (Wildman–Crippen MR) is 158 cm³/mol. The van der Waals surface area contributed by atoms with Gasteiger partial charge in [-0.3, -0.25) is 9.36 Å². The lowest BCUT2D eigenvalue weighted by Crippen LogP contribution is -2.51. The highest BCUT2D eigenvalue weighted by Gasteiger charge is 2.39. The van der Waals surface area contributed by atoms with Crippen LogP contribution in [0, 0.1) is 6.92 Å². The number of benzene rings is 3. The number of aryl methyl sites for hydroxylation is 1. The number of nitrogens with one attached hydrogen (secondary N) is 1. The summed E-state index contributed by atoms with van der Waals surface area (Å²) in [5.74, 6) is -0.657. The summed E-state index contributed by atoms with van der Waals surface area (Å²) < 4.78 is 8.84. The van der Waals surface area contributed by atoms with Gasteiger partial charge in [0.05, 0.1) is 29.8 Å². The maximum absolute atomic E-state index is 13.8. The SMILES string of the molecule is COC(=O)C=Cc1c2n(c3ccc(C)cc13)CC(NC(=O)c1ccc(-n3cnnc3)cc1Cl)(c1ccccc1)CC2.